The normalized spacial score (nSPS) is 10.2. The average Bonchev–Trinajstić information content (AvgIpc) is 2.52. The molecule has 2 N–H and O–H groups in total. The molecule has 0 spiro atoms. The summed E-state index contributed by atoms with van der Waals surface area (Å²) in [5.74, 6) is 0.0832. The SMILES string of the molecule is COc1ccc(NC(=O)CNC(=O)CN(CC(C)C)C(C)=O)cc1. The molecule has 24 heavy (non-hydrogen) atoms. The number of nitrogens with one attached hydrogen (secondary N) is 2. The minimum Gasteiger partial charge on any atom is -0.497 e. The first-order valence-electron chi connectivity index (χ1n) is 7.78. The van der Waals surface area contributed by atoms with Crippen LogP contribution >= 0.6 is 0 Å². The lowest BCUT2D eigenvalue weighted by atomic mass is 10.2. The van der Waals surface area contributed by atoms with Crippen LogP contribution < -0.4 is 15.4 Å². The molecule has 1 aromatic rings. The summed E-state index contributed by atoms with van der Waals surface area (Å²) >= 11 is 0. The maximum atomic E-state index is 11.9. The summed E-state index contributed by atoms with van der Waals surface area (Å²) < 4.78 is 5.03. The Labute approximate surface area is 142 Å². The van der Waals surface area contributed by atoms with E-state index in [-0.39, 0.29) is 36.7 Å². The third kappa shape index (κ3) is 7.13. The zero-order chi connectivity index (χ0) is 18.1. The van der Waals surface area contributed by atoms with Crippen LogP contribution in [0.1, 0.15) is 20.8 Å². The van der Waals surface area contributed by atoms with Crippen molar-refractivity contribution in [3.63, 3.8) is 0 Å². The van der Waals surface area contributed by atoms with Gasteiger partial charge in [0.15, 0.2) is 0 Å². The van der Waals surface area contributed by atoms with E-state index in [0.717, 1.165) is 0 Å². The second kappa shape index (κ2) is 9.54. The molecule has 0 unspecified atom stereocenters. The molecule has 7 heteroatoms. The third-order valence-corrected chi connectivity index (χ3v) is 3.19. The van der Waals surface area contributed by atoms with E-state index in [2.05, 4.69) is 10.6 Å². The monoisotopic (exact) mass is 335 g/mol. The number of anilines is 1. The molecule has 0 aliphatic carbocycles. The van der Waals surface area contributed by atoms with Crippen LogP contribution in [0.15, 0.2) is 24.3 Å². The van der Waals surface area contributed by atoms with Gasteiger partial charge in [0.05, 0.1) is 20.2 Å². The number of carbonyl (C=O) groups is 3. The van der Waals surface area contributed by atoms with Gasteiger partial charge in [0.1, 0.15) is 5.75 Å². The first kappa shape index (κ1) is 19.5. The fourth-order valence-corrected chi connectivity index (χ4v) is 2.03. The van der Waals surface area contributed by atoms with Crippen molar-refractivity contribution >= 4 is 23.4 Å². The molecule has 0 bridgehead atoms. The summed E-state index contributed by atoms with van der Waals surface area (Å²) in [4.78, 5) is 36.7. The lowest BCUT2D eigenvalue weighted by Gasteiger charge is -2.22. The highest BCUT2D eigenvalue weighted by Gasteiger charge is 2.15. The van der Waals surface area contributed by atoms with Gasteiger partial charge in [-0.1, -0.05) is 13.8 Å². The molecule has 1 aromatic carbocycles. The van der Waals surface area contributed by atoms with E-state index in [0.29, 0.717) is 18.0 Å². The number of nitrogens with zero attached hydrogens (tertiary/aromatic N) is 1. The average molecular weight is 335 g/mol. The molecule has 0 radical (unpaired) electrons. The largest absolute Gasteiger partial charge is 0.497 e. The van der Waals surface area contributed by atoms with Crippen LogP contribution in [-0.4, -0.2) is 49.4 Å². The second-order valence-corrected chi connectivity index (χ2v) is 5.85. The highest BCUT2D eigenvalue weighted by Crippen LogP contribution is 2.14. The first-order chi connectivity index (χ1) is 11.3. The Hall–Kier alpha value is -2.57. The quantitative estimate of drug-likeness (QED) is 0.748. The van der Waals surface area contributed by atoms with Crippen LogP contribution in [0.2, 0.25) is 0 Å². The van der Waals surface area contributed by atoms with Crippen molar-refractivity contribution in [2.24, 2.45) is 5.92 Å². The Morgan fingerprint density at radius 1 is 1.12 bits per heavy atom. The molecule has 0 atom stereocenters. The van der Waals surface area contributed by atoms with Crippen molar-refractivity contribution in [1.29, 1.82) is 0 Å². The van der Waals surface area contributed by atoms with Crippen molar-refractivity contribution in [1.82, 2.24) is 10.2 Å². The van der Waals surface area contributed by atoms with Gasteiger partial charge in [-0.25, -0.2) is 0 Å². The zero-order valence-electron chi connectivity index (χ0n) is 14.6. The van der Waals surface area contributed by atoms with Gasteiger partial charge in [0.2, 0.25) is 17.7 Å². The summed E-state index contributed by atoms with van der Waals surface area (Å²) in [6, 6.07) is 6.87. The highest BCUT2D eigenvalue weighted by molar-refractivity contribution is 5.95. The van der Waals surface area contributed by atoms with Crippen molar-refractivity contribution in [2.45, 2.75) is 20.8 Å². The summed E-state index contributed by atoms with van der Waals surface area (Å²) in [7, 11) is 1.56. The number of hydrogen-bond donors (Lipinski definition) is 2. The Bertz CT molecular complexity index is 570. The molecular formula is C17H25N3O4. The van der Waals surface area contributed by atoms with Crippen molar-refractivity contribution < 1.29 is 19.1 Å². The molecule has 0 saturated heterocycles. The molecule has 0 aromatic heterocycles. The van der Waals surface area contributed by atoms with E-state index in [4.69, 9.17) is 4.74 Å². The van der Waals surface area contributed by atoms with Crippen LogP contribution in [0, 0.1) is 5.92 Å². The summed E-state index contributed by atoms with van der Waals surface area (Å²) in [5.41, 5.74) is 0.611. The molecular weight excluding hydrogens is 310 g/mol. The predicted octanol–water partition coefficient (Wildman–Crippen LogP) is 1.25. The minimum absolute atomic E-state index is 0.0523. The molecule has 0 aliphatic heterocycles. The maximum absolute atomic E-state index is 11.9. The molecule has 0 fully saturated rings. The lowest BCUT2D eigenvalue weighted by Crippen LogP contribution is -2.43. The smallest absolute Gasteiger partial charge is 0.243 e. The van der Waals surface area contributed by atoms with E-state index < -0.39 is 0 Å². The number of benzene rings is 1. The van der Waals surface area contributed by atoms with Gasteiger partial charge in [-0.2, -0.15) is 0 Å². The summed E-state index contributed by atoms with van der Waals surface area (Å²) in [6.07, 6.45) is 0. The van der Waals surface area contributed by atoms with Gasteiger partial charge >= 0.3 is 0 Å². The van der Waals surface area contributed by atoms with Gasteiger partial charge in [0.25, 0.3) is 0 Å². The fourth-order valence-electron chi connectivity index (χ4n) is 2.03. The van der Waals surface area contributed by atoms with E-state index in [1.165, 1.54) is 11.8 Å². The van der Waals surface area contributed by atoms with Crippen LogP contribution in [0.5, 0.6) is 5.75 Å². The molecule has 0 aliphatic rings. The molecule has 132 valence electrons. The Balaban J connectivity index is 2.41. The number of hydrogen-bond acceptors (Lipinski definition) is 4. The van der Waals surface area contributed by atoms with Gasteiger partial charge in [-0.3, -0.25) is 14.4 Å². The fraction of sp³-hybridized carbons (Fsp3) is 0.471. The van der Waals surface area contributed by atoms with Gasteiger partial charge in [-0.15, -0.1) is 0 Å². The summed E-state index contributed by atoms with van der Waals surface area (Å²) in [5, 5.41) is 5.18. The van der Waals surface area contributed by atoms with E-state index in [1.54, 1.807) is 31.4 Å². The molecule has 0 heterocycles. The standard InChI is InChI=1S/C17H25N3O4/c1-12(2)10-20(13(3)21)11-17(23)18-9-16(22)19-14-5-7-15(24-4)8-6-14/h5-8,12H,9-11H2,1-4H3,(H,18,23)(H,19,22). The van der Waals surface area contributed by atoms with E-state index in [9.17, 15) is 14.4 Å². The summed E-state index contributed by atoms with van der Waals surface area (Å²) in [6.45, 7) is 5.65. The van der Waals surface area contributed by atoms with Crippen molar-refractivity contribution in [3.8, 4) is 5.75 Å². The van der Waals surface area contributed by atoms with Crippen LogP contribution in [0.25, 0.3) is 0 Å². The Morgan fingerprint density at radius 3 is 2.25 bits per heavy atom. The van der Waals surface area contributed by atoms with Crippen molar-refractivity contribution in [2.75, 3.05) is 32.1 Å². The molecule has 1 rings (SSSR count). The molecule has 7 nitrogen and oxygen atoms in total. The second-order valence-electron chi connectivity index (χ2n) is 5.85. The Kier molecular flexibility index (Phi) is 7.74. The first-order valence-corrected chi connectivity index (χ1v) is 7.78. The zero-order valence-corrected chi connectivity index (χ0v) is 14.6. The van der Waals surface area contributed by atoms with E-state index in [1.807, 2.05) is 13.8 Å². The number of carbonyl (C=O) groups excluding carboxylic acids is 3. The van der Waals surface area contributed by atoms with Crippen molar-refractivity contribution in [3.05, 3.63) is 24.3 Å². The van der Waals surface area contributed by atoms with Gasteiger partial charge in [0, 0.05) is 19.2 Å². The number of ether oxygens (including phenoxy) is 1. The number of rotatable bonds is 8. The van der Waals surface area contributed by atoms with Gasteiger partial charge < -0.3 is 20.3 Å². The van der Waals surface area contributed by atoms with E-state index >= 15 is 0 Å². The third-order valence-electron chi connectivity index (χ3n) is 3.19. The predicted molar refractivity (Wildman–Crippen MR) is 91.7 cm³/mol. The molecule has 0 saturated carbocycles. The van der Waals surface area contributed by atoms with Crippen LogP contribution in [-0.2, 0) is 14.4 Å². The lowest BCUT2D eigenvalue weighted by molar-refractivity contribution is -0.135. The molecule has 3 amide bonds. The number of methoxy groups -OCH3 is 1. The highest BCUT2D eigenvalue weighted by atomic mass is 16.5. The maximum Gasteiger partial charge on any atom is 0.243 e. The van der Waals surface area contributed by atoms with Gasteiger partial charge in [-0.05, 0) is 30.2 Å². The minimum atomic E-state index is -0.365. The Morgan fingerprint density at radius 2 is 1.75 bits per heavy atom. The van der Waals surface area contributed by atoms with Crippen LogP contribution in [0.3, 0.4) is 0 Å². The number of amides is 3. The van der Waals surface area contributed by atoms with Crippen LogP contribution in [0.4, 0.5) is 5.69 Å². The topological polar surface area (TPSA) is 87.7 Å².